The van der Waals surface area contributed by atoms with Gasteiger partial charge < -0.3 is 44.1 Å². The van der Waals surface area contributed by atoms with Crippen LogP contribution in [0, 0.1) is 12.3 Å². The number of rotatable bonds is 2. The first kappa shape index (κ1) is 31.7. The average Bonchev–Trinajstić information content (AvgIpc) is 3.78. The number of alkyl halides is 1. The fourth-order valence-electron chi connectivity index (χ4n) is 5.37. The molecule has 24 heteroatoms. The van der Waals surface area contributed by atoms with E-state index in [1.54, 1.807) is 0 Å². The number of hydrogen-bond donors (Lipinski definition) is 5. The molecular weight excluding hydrogens is 695 g/mol. The van der Waals surface area contributed by atoms with Crippen molar-refractivity contribution in [1.29, 1.82) is 0 Å². The standard InChI is InChI=1S/C22H22FN9O10P2S2/c1-2-22-4-38-44(36,46)41-14-10(23)9(39-21(14)32-8-30-17-12(19(32)34)25-5-27-17)3-37-43(35,45)42-15(22)13(33)20(40-22)31-7-29-11-16(24)26-6-28-18(11)31/h1,5-10,13-15,20-21,33H,3-4H2,(H,25,27)(H,35,45)(H,36,46)(H2,24,26,28)/t9-,10+,13-,14-,15+,20-,21-,22-,43?,44?/m1/s1. The van der Waals surface area contributed by atoms with E-state index >= 15 is 4.39 Å². The molecule has 3 aliphatic rings. The first-order valence-electron chi connectivity index (χ1n) is 13.1. The number of nitrogens with zero attached hydrogens (tertiary/aromatic N) is 7. The van der Waals surface area contributed by atoms with Crippen molar-refractivity contribution in [2.75, 3.05) is 18.9 Å². The predicted molar refractivity (Wildman–Crippen MR) is 159 cm³/mol. The first-order valence-corrected chi connectivity index (χ1v) is 18.3. The van der Waals surface area contributed by atoms with Crippen LogP contribution < -0.4 is 11.3 Å². The number of aromatic nitrogens is 8. The van der Waals surface area contributed by atoms with Crippen molar-refractivity contribution in [1.82, 2.24) is 39.0 Å². The van der Waals surface area contributed by atoms with E-state index in [4.69, 9.17) is 63.3 Å². The molecule has 0 aliphatic carbocycles. The van der Waals surface area contributed by atoms with E-state index in [1.165, 1.54) is 23.5 Å². The summed E-state index contributed by atoms with van der Waals surface area (Å²) in [5, 5.41) is 11.4. The summed E-state index contributed by atoms with van der Waals surface area (Å²) in [6, 6.07) is 0. The Morgan fingerprint density at radius 1 is 1.11 bits per heavy atom. The van der Waals surface area contributed by atoms with Gasteiger partial charge in [0.25, 0.3) is 5.56 Å². The maximum absolute atomic E-state index is 15.9. The fourth-order valence-corrected chi connectivity index (χ4v) is 8.21. The van der Waals surface area contributed by atoms with Gasteiger partial charge in [-0.05, 0) is 23.6 Å². The van der Waals surface area contributed by atoms with Crippen molar-refractivity contribution >= 4 is 65.2 Å². The Kier molecular flexibility index (Phi) is 7.85. The van der Waals surface area contributed by atoms with Crippen LogP contribution in [0.1, 0.15) is 12.5 Å². The summed E-state index contributed by atoms with van der Waals surface area (Å²) in [5.74, 6) is 2.38. The molecule has 3 saturated heterocycles. The van der Waals surface area contributed by atoms with E-state index in [2.05, 4.69) is 35.8 Å². The van der Waals surface area contributed by atoms with Crippen LogP contribution in [-0.4, -0.2) is 103 Å². The minimum atomic E-state index is -4.46. The number of anilines is 1. The van der Waals surface area contributed by atoms with Crippen molar-refractivity contribution in [2.24, 2.45) is 0 Å². The monoisotopic (exact) mass is 717 g/mol. The second-order valence-electron chi connectivity index (χ2n) is 10.3. The molecule has 0 amide bonds. The maximum Gasteiger partial charge on any atom is 0.325 e. The molecule has 7 rings (SSSR count). The average molecular weight is 718 g/mol. The van der Waals surface area contributed by atoms with E-state index in [0.717, 1.165) is 10.9 Å². The summed E-state index contributed by atoms with van der Waals surface area (Å²) in [6.07, 6.45) is -1.13. The van der Waals surface area contributed by atoms with Gasteiger partial charge in [0.15, 0.2) is 46.9 Å². The van der Waals surface area contributed by atoms with Gasteiger partial charge >= 0.3 is 13.4 Å². The number of imidazole rings is 2. The third-order valence-electron chi connectivity index (χ3n) is 7.55. The molecule has 0 aromatic carbocycles. The zero-order valence-corrected chi connectivity index (χ0v) is 26.3. The second kappa shape index (κ2) is 11.4. The maximum atomic E-state index is 15.9. The predicted octanol–water partition coefficient (Wildman–Crippen LogP) is -0.710. The molecule has 244 valence electrons. The lowest BCUT2D eigenvalue weighted by molar-refractivity contribution is -0.0916. The minimum absolute atomic E-state index is 0.0124. The van der Waals surface area contributed by atoms with Crippen LogP contribution in [0.2, 0.25) is 0 Å². The summed E-state index contributed by atoms with van der Waals surface area (Å²) in [4.78, 5) is 58.1. The molecule has 46 heavy (non-hydrogen) atoms. The van der Waals surface area contributed by atoms with Crippen LogP contribution in [0.25, 0.3) is 22.3 Å². The van der Waals surface area contributed by atoms with Crippen molar-refractivity contribution in [3.05, 3.63) is 35.7 Å². The summed E-state index contributed by atoms with van der Waals surface area (Å²) >= 11 is 10.4. The molecular formula is C22H22FN9O10P2S2. The van der Waals surface area contributed by atoms with Crippen LogP contribution in [0.5, 0.6) is 0 Å². The van der Waals surface area contributed by atoms with E-state index in [9.17, 15) is 19.7 Å². The Morgan fingerprint density at radius 2 is 1.87 bits per heavy atom. The number of nitrogens with two attached hydrogens (primary N) is 1. The van der Waals surface area contributed by atoms with Crippen LogP contribution in [0.4, 0.5) is 10.2 Å². The fraction of sp³-hybridized carbons (Fsp3) is 0.455. The number of halogens is 1. The topological polar surface area (TPSA) is 249 Å². The molecule has 0 spiro atoms. The lowest BCUT2D eigenvalue weighted by Crippen LogP contribution is -2.47. The number of hydrogen-bond acceptors (Lipinski definition) is 16. The first-order chi connectivity index (χ1) is 21.8. The quantitative estimate of drug-likeness (QED) is 0.127. The highest BCUT2D eigenvalue weighted by molar-refractivity contribution is 8.07. The van der Waals surface area contributed by atoms with E-state index in [1.807, 2.05) is 0 Å². The van der Waals surface area contributed by atoms with Crippen LogP contribution >= 0.6 is 13.4 Å². The van der Waals surface area contributed by atoms with Gasteiger partial charge in [0.05, 0.1) is 25.9 Å². The molecule has 3 fully saturated rings. The Labute approximate surface area is 266 Å². The molecule has 4 aromatic rings. The molecule has 19 nitrogen and oxygen atoms in total. The van der Waals surface area contributed by atoms with Gasteiger partial charge in [-0.15, -0.1) is 6.42 Å². The SMILES string of the molecule is C#C[C@@]12COP(O)(=S)O[C@@H]3[C@@H](F)[C@@H](COP(O)(=S)O[C@H]1[C@@H](O)[C@H](n1cnc4c(N)ncnc41)O2)O[C@H]3n1cnc2nc[nH]c2c1=O. The van der Waals surface area contributed by atoms with Gasteiger partial charge in [0, 0.05) is 0 Å². The number of aromatic amines is 1. The van der Waals surface area contributed by atoms with Gasteiger partial charge in [-0.1, -0.05) is 5.92 Å². The molecule has 10 atom stereocenters. The second-order valence-corrected chi connectivity index (χ2v) is 15.9. The number of aliphatic hydroxyl groups excluding tert-OH is 1. The highest BCUT2D eigenvalue weighted by Crippen LogP contribution is 2.56. The van der Waals surface area contributed by atoms with Crippen LogP contribution in [0.15, 0.2) is 30.1 Å². The Balaban J connectivity index is 1.25. The molecule has 2 bridgehead atoms. The smallest absolute Gasteiger partial charge is 0.325 e. The van der Waals surface area contributed by atoms with Crippen molar-refractivity contribution in [2.45, 2.75) is 48.6 Å². The van der Waals surface area contributed by atoms with Crippen molar-refractivity contribution in [3.63, 3.8) is 0 Å². The van der Waals surface area contributed by atoms with E-state index in [0.29, 0.717) is 0 Å². The van der Waals surface area contributed by atoms with Crippen molar-refractivity contribution in [3.8, 4) is 12.3 Å². The number of H-pyrrole nitrogens is 1. The molecule has 4 aromatic heterocycles. The molecule has 7 heterocycles. The molecule has 6 N–H and O–H groups in total. The molecule has 0 saturated carbocycles. The summed E-state index contributed by atoms with van der Waals surface area (Å²) < 4.78 is 52.2. The number of ether oxygens (including phenoxy) is 2. The summed E-state index contributed by atoms with van der Waals surface area (Å²) in [5.41, 5.74) is 3.49. The summed E-state index contributed by atoms with van der Waals surface area (Å²) in [6.45, 7) is -10.4. The van der Waals surface area contributed by atoms with Crippen LogP contribution in [-0.2, 0) is 51.2 Å². The highest BCUT2D eigenvalue weighted by Gasteiger charge is 2.59. The Bertz CT molecular complexity index is 2040. The molecule has 0 radical (unpaired) electrons. The summed E-state index contributed by atoms with van der Waals surface area (Å²) in [7, 11) is 0. The molecule has 2 unspecified atom stereocenters. The van der Waals surface area contributed by atoms with Gasteiger partial charge in [0.1, 0.15) is 42.6 Å². The highest BCUT2D eigenvalue weighted by atomic mass is 32.5. The van der Waals surface area contributed by atoms with Crippen LogP contribution in [0.3, 0.4) is 0 Å². The zero-order chi connectivity index (χ0) is 32.6. The number of nitrogen functional groups attached to an aromatic ring is 1. The minimum Gasteiger partial charge on any atom is -0.385 e. The number of nitrogens with one attached hydrogen (secondary N) is 1. The molecule has 3 aliphatic heterocycles. The van der Waals surface area contributed by atoms with Gasteiger partial charge in [-0.3, -0.25) is 23.0 Å². The largest absolute Gasteiger partial charge is 0.385 e. The Morgan fingerprint density at radius 3 is 2.65 bits per heavy atom. The Hall–Kier alpha value is -2.87. The third kappa shape index (κ3) is 5.27. The normalized spacial score (nSPS) is 38.5. The third-order valence-corrected chi connectivity index (χ3v) is 10.6. The number of aliphatic hydroxyl groups is 1. The van der Waals surface area contributed by atoms with E-state index in [-0.39, 0.29) is 28.1 Å². The number of terminal acetylenes is 1. The van der Waals surface area contributed by atoms with Gasteiger partial charge in [-0.2, -0.15) is 0 Å². The van der Waals surface area contributed by atoms with Gasteiger partial charge in [0.2, 0.25) is 0 Å². The van der Waals surface area contributed by atoms with E-state index < -0.39 is 80.9 Å². The lowest BCUT2D eigenvalue weighted by atomic mass is 9.97. The van der Waals surface area contributed by atoms with Crippen molar-refractivity contribution < 1.29 is 46.9 Å². The lowest BCUT2D eigenvalue weighted by Gasteiger charge is -2.33. The number of fused-ring (bicyclic) bond motifs is 5. The van der Waals surface area contributed by atoms with Gasteiger partial charge in [-0.25, -0.2) is 29.3 Å². The zero-order valence-electron chi connectivity index (χ0n) is 22.8.